The van der Waals surface area contributed by atoms with E-state index >= 15 is 0 Å². The van der Waals surface area contributed by atoms with E-state index in [2.05, 4.69) is 0 Å². The first kappa shape index (κ1) is 20.1. The number of nitrogens with zero attached hydrogens (tertiary/aromatic N) is 2. The highest BCUT2D eigenvalue weighted by atomic mass is 16.5. The van der Waals surface area contributed by atoms with Crippen molar-refractivity contribution in [2.45, 2.75) is 12.5 Å². The summed E-state index contributed by atoms with van der Waals surface area (Å²) >= 11 is 0. The second-order valence-corrected chi connectivity index (χ2v) is 7.94. The minimum absolute atomic E-state index is 0.104. The zero-order chi connectivity index (χ0) is 22.1. The fourth-order valence-electron chi connectivity index (χ4n) is 4.23. The molecule has 2 aliphatic rings. The molecule has 162 valence electrons. The lowest BCUT2D eigenvalue weighted by atomic mass is 9.93. The predicted octanol–water partition coefficient (Wildman–Crippen LogP) is 3.33. The second-order valence-electron chi connectivity index (χ2n) is 7.94. The molecule has 2 aromatic carbocycles. The Bertz CT molecular complexity index is 1150. The molecule has 0 spiro atoms. The Kier molecular flexibility index (Phi) is 5.23. The number of carbonyl (C=O) groups is 3. The molecular formula is C25H22N2O5. The highest BCUT2D eigenvalue weighted by Crippen LogP contribution is 2.31. The van der Waals surface area contributed by atoms with Gasteiger partial charge in [0.15, 0.2) is 5.76 Å². The van der Waals surface area contributed by atoms with Crippen molar-refractivity contribution in [1.82, 2.24) is 9.80 Å². The maximum absolute atomic E-state index is 13.1. The summed E-state index contributed by atoms with van der Waals surface area (Å²) in [5.74, 6) is -0.335. The number of cyclic esters (lactones) is 1. The van der Waals surface area contributed by atoms with Gasteiger partial charge in [0, 0.05) is 38.2 Å². The number of esters is 1. The van der Waals surface area contributed by atoms with Gasteiger partial charge in [-0.3, -0.25) is 9.59 Å². The Labute approximate surface area is 185 Å². The van der Waals surface area contributed by atoms with Crippen LogP contribution in [0.2, 0.25) is 0 Å². The number of carbonyl (C=O) groups excluding carboxylic acids is 3. The summed E-state index contributed by atoms with van der Waals surface area (Å²) in [6.45, 7) is 1.77. The first-order valence-electron chi connectivity index (χ1n) is 10.6. The lowest BCUT2D eigenvalue weighted by Gasteiger charge is -2.34. The fraction of sp³-hybridized carbons (Fsp3) is 0.240. The van der Waals surface area contributed by atoms with Crippen LogP contribution in [0.15, 0.2) is 71.3 Å². The van der Waals surface area contributed by atoms with Gasteiger partial charge in [-0.05, 0) is 41.5 Å². The number of benzene rings is 2. The topological polar surface area (TPSA) is 80.1 Å². The zero-order valence-corrected chi connectivity index (χ0v) is 17.4. The maximum Gasteiger partial charge on any atom is 0.339 e. The Morgan fingerprint density at radius 3 is 2.25 bits per heavy atom. The molecule has 1 fully saturated rings. The summed E-state index contributed by atoms with van der Waals surface area (Å²) in [4.78, 5) is 41.5. The molecule has 0 unspecified atom stereocenters. The monoisotopic (exact) mass is 430 g/mol. The third-order valence-electron chi connectivity index (χ3n) is 5.98. The molecule has 1 saturated heterocycles. The lowest BCUT2D eigenvalue weighted by Crippen LogP contribution is -2.50. The van der Waals surface area contributed by atoms with Crippen LogP contribution >= 0.6 is 0 Å². The van der Waals surface area contributed by atoms with Crippen LogP contribution in [0, 0.1) is 0 Å². The van der Waals surface area contributed by atoms with Gasteiger partial charge in [-0.25, -0.2) is 4.79 Å². The van der Waals surface area contributed by atoms with Gasteiger partial charge in [0.2, 0.25) is 0 Å². The molecule has 0 saturated carbocycles. The van der Waals surface area contributed by atoms with E-state index in [9.17, 15) is 14.4 Å². The number of amides is 2. The quantitative estimate of drug-likeness (QED) is 0.596. The number of piperazine rings is 1. The highest BCUT2D eigenvalue weighted by molar-refractivity contribution is 5.98. The van der Waals surface area contributed by atoms with Crippen molar-refractivity contribution >= 4 is 17.8 Å². The van der Waals surface area contributed by atoms with Crippen molar-refractivity contribution in [2.24, 2.45) is 0 Å². The Balaban J connectivity index is 1.28. The summed E-state index contributed by atoms with van der Waals surface area (Å²) in [7, 11) is 0. The van der Waals surface area contributed by atoms with Crippen molar-refractivity contribution in [2.75, 3.05) is 26.2 Å². The van der Waals surface area contributed by atoms with Gasteiger partial charge in [-0.15, -0.1) is 0 Å². The molecule has 2 amide bonds. The molecular weight excluding hydrogens is 408 g/mol. The van der Waals surface area contributed by atoms with Crippen LogP contribution in [0.1, 0.15) is 48.5 Å². The van der Waals surface area contributed by atoms with Crippen LogP contribution in [-0.2, 0) is 11.2 Å². The van der Waals surface area contributed by atoms with Gasteiger partial charge in [0.1, 0.15) is 6.10 Å². The zero-order valence-electron chi connectivity index (χ0n) is 17.4. The van der Waals surface area contributed by atoms with E-state index in [-0.39, 0.29) is 23.9 Å². The van der Waals surface area contributed by atoms with Crippen molar-refractivity contribution in [3.8, 4) is 0 Å². The highest BCUT2D eigenvalue weighted by Gasteiger charge is 2.30. The van der Waals surface area contributed by atoms with Gasteiger partial charge in [0.05, 0.1) is 11.8 Å². The van der Waals surface area contributed by atoms with Gasteiger partial charge in [-0.2, -0.15) is 0 Å². The molecule has 0 N–H and O–H groups in total. The predicted molar refractivity (Wildman–Crippen MR) is 115 cm³/mol. The van der Waals surface area contributed by atoms with Crippen LogP contribution < -0.4 is 0 Å². The van der Waals surface area contributed by atoms with Crippen molar-refractivity contribution in [3.05, 3.63) is 94.9 Å². The number of hydrogen-bond acceptors (Lipinski definition) is 5. The average molecular weight is 430 g/mol. The Morgan fingerprint density at radius 2 is 1.56 bits per heavy atom. The third-order valence-corrected chi connectivity index (χ3v) is 5.98. The summed E-state index contributed by atoms with van der Waals surface area (Å²) in [5, 5.41) is 0. The van der Waals surface area contributed by atoms with E-state index in [1.54, 1.807) is 40.1 Å². The molecule has 32 heavy (non-hydrogen) atoms. The van der Waals surface area contributed by atoms with Crippen LogP contribution in [0.5, 0.6) is 0 Å². The van der Waals surface area contributed by atoms with E-state index in [4.69, 9.17) is 9.15 Å². The van der Waals surface area contributed by atoms with E-state index in [1.807, 2.05) is 30.3 Å². The van der Waals surface area contributed by atoms with Crippen molar-refractivity contribution < 1.29 is 23.5 Å². The molecule has 1 aromatic heterocycles. The van der Waals surface area contributed by atoms with E-state index < -0.39 is 0 Å². The number of furan rings is 1. The van der Waals surface area contributed by atoms with Gasteiger partial charge < -0.3 is 19.0 Å². The first-order valence-corrected chi connectivity index (χ1v) is 10.6. The summed E-state index contributed by atoms with van der Waals surface area (Å²) in [6, 6.07) is 18.1. The SMILES string of the molecule is O=C1O[C@H](c2ccccc2)Cc2cc(C(=O)N3CCN(C(=O)c4ccco4)CC3)ccc21. The minimum Gasteiger partial charge on any atom is -0.459 e. The van der Waals surface area contributed by atoms with Gasteiger partial charge >= 0.3 is 5.97 Å². The number of ether oxygens (including phenoxy) is 1. The standard InChI is InChI=1S/C25H22N2O5/c28-23(26-10-12-27(13-11-26)24(29)21-7-4-14-31-21)18-8-9-20-19(15-18)16-22(32-25(20)30)17-5-2-1-3-6-17/h1-9,14-15,22H,10-13,16H2/t22-/m0/s1. The molecule has 7 nitrogen and oxygen atoms in total. The van der Waals surface area contributed by atoms with Crippen LogP contribution in [0.4, 0.5) is 0 Å². The maximum atomic E-state index is 13.1. The summed E-state index contributed by atoms with van der Waals surface area (Å²) in [5.41, 5.74) is 2.78. The summed E-state index contributed by atoms with van der Waals surface area (Å²) < 4.78 is 10.8. The molecule has 0 bridgehead atoms. The van der Waals surface area contributed by atoms with Gasteiger partial charge in [-0.1, -0.05) is 30.3 Å². The van der Waals surface area contributed by atoms with Crippen LogP contribution in [0.25, 0.3) is 0 Å². The molecule has 1 atom stereocenters. The minimum atomic E-state index is -0.371. The van der Waals surface area contributed by atoms with Crippen molar-refractivity contribution in [1.29, 1.82) is 0 Å². The molecule has 3 aromatic rings. The summed E-state index contributed by atoms with van der Waals surface area (Å²) in [6.07, 6.45) is 1.64. The number of fused-ring (bicyclic) bond motifs is 1. The smallest absolute Gasteiger partial charge is 0.339 e. The number of hydrogen-bond donors (Lipinski definition) is 0. The third kappa shape index (κ3) is 3.77. The first-order chi connectivity index (χ1) is 15.6. The Morgan fingerprint density at radius 1 is 0.844 bits per heavy atom. The lowest BCUT2D eigenvalue weighted by molar-refractivity contribution is 0.0252. The molecule has 5 rings (SSSR count). The van der Waals surface area contributed by atoms with Gasteiger partial charge in [0.25, 0.3) is 11.8 Å². The molecule has 7 heteroatoms. The van der Waals surface area contributed by atoms with Crippen molar-refractivity contribution in [3.63, 3.8) is 0 Å². The normalized spacial score (nSPS) is 18.1. The van der Waals surface area contributed by atoms with Crippen LogP contribution in [-0.4, -0.2) is 53.8 Å². The largest absolute Gasteiger partial charge is 0.459 e. The van der Waals surface area contributed by atoms with E-state index in [0.29, 0.717) is 49.5 Å². The average Bonchev–Trinajstić information content (AvgIpc) is 3.38. The second kappa shape index (κ2) is 8.34. The molecule has 0 aliphatic carbocycles. The molecule has 2 aliphatic heterocycles. The molecule has 3 heterocycles. The van der Waals surface area contributed by atoms with E-state index in [1.165, 1.54) is 6.26 Å². The van der Waals surface area contributed by atoms with Crippen LogP contribution in [0.3, 0.4) is 0 Å². The fourth-order valence-corrected chi connectivity index (χ4v) is 4.23. The number of rotatable bonds is 3. The van der Waals surface area contributed by atoms with E-state index in [0.717, 1.165) is 11.1 Å². The Hall–Kier alpha value is -3.87. The molecule has 0 radical (unpaired) electrons.